The van der Waals surface area contributed by atoms with Crippen molar-refractivity contribution in [3.63, 3.8) is 0 Å². The number of nitrogens with zero attached hydrogens (tertiary/aromatic N) is 1. The van der Waals surface area contributed by atoms with Crippen molar-refractivity contribution in [2.75, 3.05) is 0 Å². The van der Waals surface area contributed by atoms with Crippen molar-refractivity contribution in [3.05, 3.63) is 28.4 Å². The van der Waals surface area contributed by atoms with Gasteiger partial charge >= 0.3 is 0 Å². The van der Waals surface area contributed by atoms with Gasteiger partial charge in [-0.1, -0.05) is 6.92 Å². The molecule has 58 valence electrons. The summed E-state index contributed by atoms with van der Waals surface area (Å²) in [5.74, 6) is 1.25. The van der Waals surface area contributed by atoms with E-state index in [1.807, 2.05) is 0 Å². The molecule has 2 rings (SSSR count). The van der Waals surface area contributed by atoms with Crippen LogP contribution in [0.4, 0.5) is 0 Å². The molecule has 1 N–H and O–H groups in total. The molecule has 0 saturated heterocycles. The van der Waals surface area contributed by atoms with Crippen molar-refractivity contribution in [3.8, 4) is 0 Å². The van der Waals surface area contributed by atoms with Gasteiger partial charge in [0.2, 0.25) is 0 Å². The minimum atomic E-state index is -0.0471. The molecule has 1 saturated carbocycles. The molecule has 2 atom stereocenters. The van der Waals surface area contributed by atoms with Crippen LogP contribution in [0.2, 0.25) is 0 Å². The number of aromatic nitrogens is 2. The molecule has 1 unspecified atom stereocenters. The molecule has 3 nitrogen and oxygen atoms in total. The summed E-state index contributed by atoms with van der Waals surface area (Å²) in [6.07, 6.45) is 2.65. The third-order valence-electron chi connectivity index (χ3n) is 2.19. The molecule has 1 heterocycles. The highest BCUT2D eigenvalue weighted by atomic mass is 16.1. The van der Waals surface area contributed by atoms with Crippen molar-refractivity contribution >= 4 is 0 Å². The molecular formula is C8H10N2O. The zero-order chi connectivity index (χ0) is 7.84. The number of H-pyrrole nitrogens is 1. The lowest BCUT2D eigenvalue weighted by atomic mass is 10.2. The van der Waals surface area contributed by atoms with Crippen LogP contribution in [0.1, 0.15) is 25.0 Å². The van der Waals surface area contributed by atoms with Crippen LogP contribution >= 0.6 is 0 Å². The number of hydrogen-bond donors (Lipinski definition) is 1. The van der Waals surface area contributed by atoms with Crippen molar-refractivity contribution < 1.29 is 0 Å². The first-order chi connectivity index (χ1) is 5.27. The van der Waals surface area contributed by atoms with Crippen LogP contribution in [-0.4, -0.2) is 9.97 Å². The summed E-state index contributed by atoms with van der Waals surface area (Å²) in [6.45, 7) is 2.17. The van der Waals surface area contributed by atoms with Gasteiger partial charge in [0.05, 0.1) is 12.0 Å². The largest absolute Gasteiger partial charge is 0.313 e. The smallest absolute Gasteiger partial charge is 0.250 e. The molecule has 11 heavy (non-hydrogen) atoms. The summed E-state index contributed by atoms with van der Waals surface area (Å²) >= 11 is 0. The van der Waals surface area contributed by atoms with Crippen molar-refractivity contribution in [2.24, 2.45) is 5.92 Å². The molecule has 0 spiro atoms. The van der Waals surface area contributed by atoms with Crippen molar-refractivity contribution in [2.45, 2.75) is 19.3 Å². The van der Waals surface area contributed by atoms with Gasteiger partial charge < -0.3 is 4.98 Å². The summed E-state index contributed by atoms with van der Waals surface area (Å²) in [5.41, 5.74) is 0.898. The van der Waals surface area contributed by atoms with Gasteiger partial charge in [0.15, 0.2) is 0 Å². The summed E-state index contributed by atoms with van der Waals surface area (Å²) in [5, 5.41) is 0. The highest BCUT2D eigenvalue weighted by molar-refractivity contribution is 5.14. The van der Waals surface area contributed by atoms with E-state index in [2.05, 4.69) is 16.9 Å². The van der Waals surface area contributed by atoms with Crippen LogP contribution in [0, 0.1) is 5.92 Å². The normalized spacial score (nSPS) is 28.5. The van der Waals surface area contributed by atoms with Gasteiger partial charge in [0.1, 0.15) is 0 Å². The third-order valence-corrected chi connectivity index (χ3v) is 2.19. The maximum atomic E-state index is 10.8. The molecule has 1 aromatic heterocycles. The Kier molecular flexibility index (Phi) is 1.31. The topological polar surface area (TPSA) is 45.8 Å². The molecule has 1 aromatic rings. The molecule has 0 radical (unpaired) electrons. The van der Waals surface area contributed by atoms with Gasteiger partial charge in [0.25, 0.3) is 5.56 Å². The van der Waals surface area contributed by atoms with E-state index in [9.17, 15) is 4.79 Å². The molecule has 0 aromatic carbocycles. The number of hydrogen-bond acceptors (Lipinski definition) is 2. The lowest BCUT2D eigenvalue weighted by Crippen LogP contribution is -2.06. The van der Waals surface area contributed by atoms with Crippen LogP contribution < -0.4 is 5.56 Å². The van der Waals surface area contributed by atoms with E-state index < -0.39 is 0 Å². The fourth-order valence-electron chi connectivity index (χ4n) is 1.32. The molecule has 1 fully saturated rings. The first kappa shape index (κ1) is 6.58. The Morgan fingerprint density at radius 1 is 1.73 bits per heavy atom. The number of rotatable bonds is 1. The summed E-state index contributed by atoms with van der Waals surface area (Å²) in [4.78, 5) is 17.4. The summed E-state index contributed by atoms with van der Waals surface area (Å²) < 4.78 is 0. The lowest BCUT2D eigenvalue weighted by Gasteiger charge is -1.93. The third kappa shape index (κ3) is 1.18. The van der Waals surface area contributed by atoms with Gasteiger partial charge in [-0.05, 0) is 12.3 Å². The Morgan fingerprint density at radius 2 is 2.45 bits per heavy atom. The SMILES string of the molecule is C[C@H]1CC1c1cc(=O)[nH]cn1. The van der Waals surface area contributed by atoms with E-state index in [-0.39, 0.29) is 5.56 Å². The van der Waals surface area contributed by atoms with E-state index in [1.165, 1.54) is 12.7 Å². The Labute approximate surface area is 64.5 Å². The standard InChI is InChI=1S/C8H10N2O/c1-5-2-6(5)7-3-8(11)10-4-9-7/h3-6H,2H2,1H3,(H,9,10,11)/t5-,6?/m0/s1. The Morgan fingerprint density at radius 3 is 3.00 bits per heavy atom. The quantitative estimate of drug-likeness (QED) is 0.646. The first-order valence-electron chi connectivity index (χ1n) is 3.82. The Bertz CT molecular complexity index is 318. The fraction of sp³-hybridized carbons (Fsp3) is 0.500. The number of nitrogens with one attached hydrogen (secondary N) is 1. The van der Waals surface area contributed by atoms with Crippen LogP contribution in [0.5, 0.6) is 0 Å². The fourth-order valence-corrected chi connectivity index (χ4v) is 1.32. The van der Waals surface area contributed by atoms with E-state index in [4.69, 9.17) is 0 Å². The predicted molar refractivity (Wildman–Crippen MR) is 41.4 cm³/mol. The van der Waals surface area contributed by atoms with E-state index in [0.717, 1.165) is 5.69 Å². The average molecular weight is 150 g/mol. The molecular weight excluding hydrogens is 140 g/mol. The van der Waals surface area contributed by atoms with Crippen molar-refractivity contribution in [1.82, 2.24) is 9.97 Å². The van der Waals surface area contributed by atoms with Gasteiger partial charge in [0, 0.05) is 12.0 Å². The average Bonchev–Trinajstić information content (AvgIpc) is 2.67. The number of aromatic amines is 1. The second-order valence-electron chi connectivity index (χ2n) is 3.16. The minimum absolute atomic E-state index is 0.0471. The van der Waals surface area contributed by atoms with Crippen LogP contribution in [0.25, 0.3) is 0 Å². The highest BCUT2D eigenvalue weighted by Gasteiger charge is 2.35. The maximum Gasteiger partial charge on any atom is 0.250 e. The van der Waals surface area contributed by atoms with Gasteiger partial charge in [-0.15, -0.1) is 0 Å². The second-order valence-corrected chi connectivity index (χ2v) is 3.16. The molecule has 0 bridgehead atoms. The van der Waals surface area contributed by atoms with Gasteiger partial charge in [-0.3, -0.25) is 4.79 Å². The summed E-state index contributed by atoms with van der Waals surface area (Å²) in [7, 11) is 0. The zero-order valence-electron chi connectivity index (χ0n) is 6.37. The van der Waals surface area contributed by atoms with E-state index >= 15 is 0 Å². The lowest BCUT2D eigenvalue weighted by molar-refractivity contribution is 0.871. The van der Waals surface area contributed by atoms with Crippen LogP contribution in [0.3, 0.4) is 0 Å². The maximum absolute atomic E-state index is 10.8. The Hall–Kier alpha value is -1.12. The monoisotopic (exact) mass is 150 g/mol. The zero-order valence-corrected chi connectivity index (χ0v) is 6.37. The Balaban J connectivity index is 2.32. The minimum Gasteiger partial charge on any atom is -0.313 e. The second kappa shape index (κ2) is 2.19. The molecule has 3 heteroatoms. The summed E-state index contributed by atoms with van der Waals surface area (Å²) in [6, 6.07) is 1.59. The van der Waals surface area contributed by atoms with Crippen molar-refractivity contribution in [1.29, 1.82) is 0 Å². The highest BCUT2D eigenvalue weighted by Crippen LogP contribution is 2.45. The molecule has 0 amide bonds. The van der Waals surface area contributed by atoms with Gasteiger partial charge in [-0.25, -0.2) is 4.98 Å². The molecule has 0 aliphatic heterocycles. The van der Waals surface area contributed by atoms with Gasteiger partial charge in [-0.2, -0.15) is 0 Å². The predicted octanol–water partition coefficient (Wildman–Crippen LogP) is 0.893. The first-order valence-corrected chi connectivity index (χ1v) is 3.82. The van der Waals surface area contributed by atoms with Crippen LogP contribution in [-0.2, 0) is 0 Å². The molecule has 1 aliphatic carbocycles. The van der Waals surface area contributed by atoms with Crippen LogP contribution in [0.15, 0.2) is 17.2 Å². The molecule has 1 aliphatic rings. The van der Waals surface area contributed by atoms with E-state index in [0.29, 0.717) is 11.8 Å². The van der Waals surface area contributed by atoms with E-state index in [1.54, 1.807) is 6.07 Å².